The number of nitrogen functional groups attached to an aromatic ring is 1. The molecule has 0 amide bonds. The van der Waals surface area contributed by atoms with E-state index >= 15 is 0 Å². The lowest BCUT2D eigenvalue weighted by Crippen LogP contribution is -2.22. The minimum absolute atomic E-state index is 0.551. The first-order valence-corrected chi connectivity index (χ1v) is 5.85. The molecule has 2 rings (SSSR count). The molecule has 1 aliphatic carbocycles. The third kappa shape index (κ3) is 2.56. The van der Waals surface area contributed by atoms with Crippen molar-refractivity contribution in [3.8, 4) is 5.75 Å². The van der Waals surface area contributed by atoms with Crippen LogP contribution in [0.15, 0.2) is 12.3 Å². The number of rotatable bonds is 3. The van der Waals surface area contributed by atoms with E-state index in [2.05, 4.69) is 10.3 Å². The summed E-state index contributed by atoms with van der Waals surface area (Å²) in [5.41, 5.74) is 6.30. The van der Waals surface area contributed by atoms with Gasteiger partial charge in [-0.25, -0.2) is 4.98 Å². The van der Waals surface area contributed by atoms with E-state index in [4.69, 9.17) is 10.5 Å². The average Bonchev–Trinajstić information content (AvgIpc) is 2.33. The highest BCUT2D eigenvalue weighted by Crippen LogP contribution is 2.25. The van der Waals surface area contributed by atoms with Crippen molar-refractivity contribution in [2.24, 2.45) is 0 Å². The van der Waals surface area contributed by atoms with Crippen LogP contribution in [-0.4, -0.2) is 18.1 Å². The molecule has 4 heteroatoms. The summed E-state index contributed by atoms with van der Waals surface area (Å²) in [5.74, 6) is 1.55. The van der Waals surface area contributed by atoms with Crippen molar-refractivity contribution in [2.75, 3.05) is 18.2 Å². The number of nitrogens with two attached hydrogens (primary N) is 1. The van der Waals surface area contributed by atoms with Crippen molar-refractivity contribution in [1.29, 1.82) is 0 Å². The molecule has 0 bridgehead atoms. The normalized spacial score (nSPS) is 17.1. The molecule has 0 aromatic carbocycles. The summed E-state index contributed by atoms with van der Waals surface area (Å²) in [6.07, 6.45) is 8.08. The van der Waals surface area contributed by atoms with Gasteiger partial charge in [0.25, 0.3) is 0 Å². The lowest BCUT2D eigenvalue weighted by Gasteiger charge is -2.23. The van der Waals surface area contributed by atoms with Crippen LogP contribution < -0.4 is 15.8 Å². The Morgan fingerprint density at radius 2 is 2.12 bits per heavy atom. The predicted octanol–water partition coefficient (Wildman–Crippen LogP) is 2.42. The van der Waals surface area contributed by atoms with Crippen LogP contribution in [0.5, 0.6) is 5.75 Å². The van der Waals surface area contributed by atoms with Gasteiger partial charge in [-0.05, 0) is 12.8 Å². The zero-order valence-corrected chi connectivity index (χ0v) is 9.70. The summed E-state index contributed by atoms with van der Waals surface area (Å²) >= 11 is 0. The summed E-state index contributed by atoms with van der Waals surface area (Å²) in [7, 11) is 1.62. The van der Waals surface area contributed by atoms with Gasteiger partial charge in [0.15, 0.2) is 0 Å². The Balaban J connectivity index is 2.03. The largest absolute Gasteiger partial charge is 0.494 e. The highest BCUT2D eigenvalue weighted by molar-refractivity contribution is 5.56. The van der Waals surface area contributed by atoms with Crippen molar-refractivity contribution in [3.05, 3.63) is 12.3 Å². The third-order valence-electron chi connectivity index (χ3n) is 3.07. The van der Waals surface area contributed by atoms with Gasteiger partial charge in [0.05, 0.1) is 19.0 Å². The van der Waals surface area contributed by atoms with Gasteiger partial charge in [0.2, 0.25) is 0 Å². The quantitative estimate of drug-likeness (QED) is 0.823. The van der Waals surface area contributed by atoms with E-state index in [0.29, 0.717) is 17.5 Å². The smallest absolute Gasteiger partial charge is 0.147 e. The van der Waals surface area contributed by atoms with Gasteiger partial charge in [-0.2, -0.15) is 0 Å². The highest BCUT2D eigenvalue weighted by atomic mass is 16.5. The number of nitrogens with zero attached hydrogens (tertiary/aromatic N) is 1. The average molecular weight is 221 g/mol. The van der Waals surface area contributed by atoms with Gasteiger partial charge in [0.1, 0.15) is 11.6 Å². The van der Waals surface area contributed by atoms with Crippen molar-refractivity contribution < 1.29 is 4.74 Å². The van der Waals surface area contributed by atoms with Crippen LogP contribution in [0.2, 0.25) is 0 Å². The van der Waals surface area contributed by atoms with Crippen LogP contribution in [0.1, 0.15) is 32.1 Å². The summed E-state index contributed by atoms with van der Waals surface area (Å²) in [4.78, 5) is 4.26. The Bertz CT molecular complexity index is 348. The maximum absolute atomic E-state index is 5.72. The lowest BCUT2D eigenvalue weighted by atomic mass is 9.95. The molecule has 0 radical (unpaired) electrons. The Kier molecular flexibility index (Phi) is 3.49. The number of hydrogen-bond donors (Lipinski definition) is 2. The predicted molar refractivity (Wildman–Crippen MR) is 65.7 cm³/mol. The molecule has 1 fully saturated rings. The molecular formula is C12H19N3O. The fourth-order valence-electron chi connectivity index (χ4n) is 2.16. The molecule has 0 atom stereocenters. The highest BCUT2D eigenvalue weighted by Gasteiger charge is 2.13. The van der Waals surface area contributed by atoms with Crippen molar-refractivity contribution in [1.82, 2.24) is 4.98 Å². The van der Waals surface area contributed by atoms with Crippen LogP contribution >= 0.6 is 0 Å². The molecule has 1 saturated carbocycles. The number of pyridine rings is 1. The van der Waals surface area contributed by atoms with Crippen LogP contribution in [0, 0.1) is 0 Å². The van der Waals surface area contributed by atoms with Gasteiger partial charge in [-0.1, -0.05) is 19.3 Å². The van der Waals surface area contributed by atoms with E-state index < -0.39 is 0 Å². The molecule has 16 heavy (non-hydrogen) atoms. The molecule has 1 heterocycles. The van der Waals surface area contributed by atoms with Crippen LogP contribution in [0.25, 0.3) is 0 Å². The van der Waals surface area contributed by atoms with Crippen LogP contribution in [0.4, 0.5) is 11.5 Å². The molecule has 4 nitrogen and oxygen atoms in total. The zero-order valence-electron chi connectivity index (χ0n) is 9.70. The van der Waals surface area contributed by atoms with Gasteiger partial charge < -0.3 is 15.8 Å². The molecule has 0 saturated heterocycles. The first-order valence-electron chi connectivity index (χ1n) is 5.85. The lowest BCUT2D eigenvalue weighted by molar-refractivity contribution is 0.416. The number of aromatic nitrogens is 1. The third-order valence-corrected chi connectivity index (χ3v) is 3.07. The van der Waals surface area contributed by atoms with E-state index in [1.165, 1.54) is 32.1 Å². The molecule has 3 N–H and O–H groups in total. The fraction of sp³-hybridized carbons (Fsp3) is 0.583. The van der Waals surface area contributed by atoms with Crippen molar-refractivity contribution in [2.45, 2.75) is 38.1 Å². The summed E-state index contributed by atoms with van der Waals surface area (Å²) in [6, 6.07) is 2.42. The van der Waals surface area contributed by atoms with Gasteiger partial charge >= 0.3 is 0 Å². The van der Waals surface area contributed by atoms with E-state index in [9.17, 15) is 0 Å². The second-order valence-electron chi connectivity index (χ2n) is 4.29. The molecule has 1 aliphatic rings. The maximum atomic E-state index is 5.72. The minimum Gasteiger partial charge on any atom is -0.494 e. The van der Waals surface area contributed by atoms with Crippen LogP contribution in [-0.2, 0) is 0 Å². The summed E-state index contributed by atoms with van der Waals surface area (Å²) in [5, 5.41) is 3.44. The molecular weight excluding hydrogens is 202 g/mol. The zero-order chi connectivity index (χ0) is 11.4. The Morgan fingerprint density at radius 3 is 2.81 bits per heavy atom. The van der Waals surface area contributed by atoms with Gasteiger partial charge in [0, 0.05) is 12.1 Å². The maximum Gasteiger partial charge on any atom is 0.147 e. The molecule has 88 valence electrons. The Hall–Kier alpha value is -1.45. The minimum atomic E-state index is 0.551. The van der Waals surface area contributed by atoms with Crippen LogP contribution in [0.3, 0.4) is 0 Å². The van der Waals surface area contributed by atoms with Crippen molar-refractivity contribution in [3.63, 3.8) is 0 Å². The summed E-state index contributed by atoms with van der Waals surface area (Å²) in [6.45, 7) is 0. The SMILES string of the molecule is COc1cc(NC2CCCCC2)ncc1N. The van der Waals surface area contributed by atoms with E-state index in [0.717, 1.165) is 5.82 Å². The van der Waals surface area contributed by atoms with E-state index in [1.54, 1.807) is 13.3 Å². The standard InChI is InChI=1S/C12H19N3O/c1-16-11-7-12(14-8-10(11)13)15-9-5-3-2-4-6-9/h7-9H,2-6,13H2,1H3,(H,14,15). The number of ether oxygens (including phenoxy) is 1. The number of hydrogen-bond acceptors (Lipinski definition) is 4. The van der Waals surface area contributed by atoms with Crippen molar-refractivity contribution >= 4 is 11.5 Å². The number of anilines is 2. The first-order chi connectivity index (χ1) is 7.79. The number of methoxy groups -OCH3 is 1. The topological polar surface area (TPSA) is 60.2 Å². The molecule has 0 spiro atoms. The monoisotopic (exact) mass is 221 g/mol. The second kappa shape index (κ2) is 5.05. The number of nitrogens with one attached hydrogen (secondary N) is 1. The molecule has 1 aromatic rings. The van der Waals surface area contributed by atoms with E-state index in [1.807, 2.05) is 6.07 Å². The molecule has 0 aliphatic heterocycles. The van der Waals surface area contributed by atoms with E-state index in [-0.39, 0.29) is 0 Å². The summed E-state index contributed by atoms with van der Waals surface area (Å²) < 4.78 is 5.17. The molecule has 1 aromatic heterocycles. The Labute approximate surface area is 96.2 Å². The first kappa shape index (κ1) is 11.0. The fourth-order valence-corrected chi connectivity index (χ4v) is 2.16. The molecule has 0 unspecified atom stereocenters. The second-order valence-corrected chi connectivity index (χ2v) is 4.29. The Morgan fingerprint density at radius 1 is 1.38 bits per heavy atom. The van der Waals surface area contributed by atoms with Gasteiger partial charge in [-0.3, -0.25) is 0 Å². The van der Waals surface area contributed by atoms with Gasteiger partial charge in [-0.15, -0.1) is 0 Å².